The number of hydrogen-bond acceptors (Lipinski definition) is 12. The van der Waals surface area contributed by atoms with E-state index in [0.29, 0.717) is 23.8 Å². The molecule has 276 valence electrons. The van der Waals surface area contributed by atoms with Crippen molar-refractivity contribution in [3.8, 4) is 11.5 Å². The van der Waals surface area contributed by atoms with Crippen LogP contribution in [0.1, 0.15) is 98.3 Å². The van der Waals surface area contributed by atoms with Gasteiger partial charge in [-0.25, -0.2) is 9.59 Å². The van der Waals surface area contributed by atoms with Crippen LogP contribution < -0.4 is 14.9 Å². The molecule has 5 aliphatic rings. The van der Waals surface area contributed by atoms with Gasteiger partial charge in [0, 0.05) is 16.9 Å². The number of benzene rings is 2. The third kappa shape index (κ3) is 3.75. The fraction of sp³-hybridized carbons (Fsp3) is 0.575. The molecule has 2 aliphatic carbocycles. The molecule has 4 fully saturated rings. The van der Waals surface area contributed by atoms with Gasteiger partial charge in [0.2, 0.25) is 16.6 Å². The molecule has 2 saturated carbocycles. The minimum atomic E-state index is -1.64. The summed E-state index contributed by atoms with van der Waals surface area (Å²) in [7, 11) is 1.42. The second-order valence-corrected chi connectivity index (χ2v) is 17.3. The molecule has 2 saturated heterocycles. The Morgan fingerprint density at radius 1 is 0.750 bits per heavy atom. The Labute approximate surface area is 300 Å². The quantitative estimate of drug-likeness (QED) is 0.168. The molecule has 12 nitrogen and oxygen atoms in total. The number of fused-ring (bicyclic) bond motifs is 8. The number of rotatable bonds is 5. The summed E-state index contributed by atoms with van der Waals surface area (Å²) in [6.07, 6.45) is -1.53. The molecule has 52 heavy (non-hydrogen) atoms. The van der Waals surface area contributed by atoms with E-state index in [1.54, 1.807) is 52.8 Å². The van der Waals surface area contributed by atoms with E-state index in [-0.39, 0.29) is 51.9 Å². The van der Waals surface area contributed by atoms with E-state index in [9.17, 15) is 24.0 Å². The SMILES string of the molecule is COc1cc2c(c3oc4cccc(C)c4c(=O)c13)[C@@H](OC(=O)C13CCC(C)(C(=O)O1)C3(C)C)[C@@H](OC(=O)C13CCC(C)(C(=O)O1)C3(C)C)C(C)(C)O2. The standard InChI is InChI=1S/C40H44O12/c1-19-12-11-13-20-23(19)26(41)24-21(46-10)18-22-25(27(24)47-20)28(48-32(44)39-16-14-37(8,30(42)51-39)35(39,4)5)29(34(2,3)50-22)49-33(45)40-17-15-38(9,31(43)52-40)36(40,6)7/h11-13,18,28-29H,14-17H2,1-10H3/t28-,29-,37?,38?,39?,40?/m1/s1. The Morgan fingerprint density at radius 3 is 1.81 bits per heavy atom. The van der Waals surface area contributed by atoms with Gasteiger partial charge >= 0.3 is 23.9 Å². The second-order valence-electron chi connectivity index (χ2n) is 17.3. The summed E-state index contributed by atoms with van der Waals surface area (Å²) in [4.78, 5) is 70.0. The van der Waals surface area contributed by atoms with Gasteiger partial charge in [-0.1, -0.05) is 39.8 Å². The highest BCUT2D eigenvalue weighted by Crippen LogP contribution is 2.68. The lowest BCUT2D eigenvalue weighted by molar-refractivity contribution is -0.217. The minimum Gasteiger partial charge on any atom is -0.496 e. The van der Waals surface area contributed by atoms with E-state index in [4.69, 9.17) is 32.8 Å². The number of ether oxygens (including phenoxy) is 6. The maximum absolute atomic E-state index is 14.7. The van der Waals surface area contributed by atoms with Gasteiger partial charge in [0.1, 0.15) is 28.1 Å². The first-order valence-electron chi connectivity index (χ1n) is 17.8. The van der Waals surface area contributed by atoms with Crippen molar-refractivity contribution in [2.75, 3.05) is 7.11 Å². The molecule has 4 unspecified atom stereocenters. The third-order valence-electron chi connectivity index (χ3n) is 14.3. The summed E-state index contributed by atoms with van der Waals surface area (Å²) in [6, 6.07) is 6.75. The fourth-order valence-corrected chi connectivity index (χ4v) is 9.72. The summed E-state index contributed by atoms with van der Waals surface area (Å²) in [6.45, 7) is 16.0. The summed E-state index contributed by atoms with van der Waals surface area (Å²) < 4.78 is 43.5. The van der Waals surface area contributed by atoms with Crippen LogP contribution in [-0.2, 0) is 38.1 Å². The Kier molecular flexibility index (Phi) is 6.68. The maximum Gasteiger partial charge on any atom is 0.351 e. The van der Waals surface area contributed by atoms with Gasteiger partial charge in [-0.3, -0.25) is 14.4 Å². The van der Waals surface area contributed by atoms with Crippen molar-refractivity contribution in [3.63, 3.8) is 0 Å². The highest BCUT2D eigenvalue weighted by molar-refractivity contribution is 5.99. The van der Waals surface area contributed by atoms with Crippen LogP contribution in [0.4, 0.5) is 0 Å². The smallest absolute Gasteiger partial charge is 0.351 e. The van der Waals surface area contributed by atoms with Crippen molar-refractivity contribution in [3.05, 3.63) is 45.6 Å². The Balaban J connectivity index is 1.34. The fourth-order valence-electron chi connectivity index (χ4n) is 9.72. The zero-order valence-corrected chi connectivity index (χ0v) is 31.2. The van der Waals surface area contributed by atoms with E-state index < -0.39 is 74.5 Å². The van der Waals surface area contributed by atoms with Crippen LogP contribution in [-0.4, -0.2) is 53.9 Å². The van der Waals surface area contributed by atoms with Crippen molar-refractivity contribution >= 4 is 45.8 Å². The predicted octanol–water partition coefficient (Wildman–Crippen LogP) is 6.17. The molecule has 0 spiro atoms. The first-order chi connectivity index (χ1) is 24.1. The van der Waals surface area contributed by atoms with E-state index in [0.717, 1.165) is 0 Å². The lowest BCUT2D eigenvalue weighted by Crippen LogP contribution is -2.57. The summed E-state index contributed by atoms with van der Waals surface area (Å²) >= 11 is 0. The van der Waals surface area contributed by atoms with Gasteiger partial charge in [-0.2, -0.15) is 0 Å². The lowest BCUT2D eigenvalue weighted by Gasteiger charge is -2.46. The van der Waals surface area contributed by atoms with Crippen LogP contribution in [0.25, 0.3) is 21.9 Å². The van der Waals surface area contributed by atoms with Gasteiger partial charge in [-0.15, -0.1) is 0 Å². The average molecular weight is 717 g/mol. The maximum atomic E-state index is 14.7. The molecule has 4 bridgehead atoms. The Bertz CT molecular complexity index is 2230. The first-order valence-corrected chi connectivity index (χ1v) is 17.8. The molecular weight excluding hydrogens is 672 g/mol. The number of carbonyl (C=O) groups excluding carboxylic acids is 4. The highest BCUT2D eigenvalue weighted by Gasteiger charge is 2.78. The van der Waals surface area contributed by atoms with E-state index in [1.807, 2.05) is 27.7 Å². The van der Waals surface area contributed by atoms with Crippen LogP contribution in [0.15, 0.2) is 33.5 Å². The van der Waals surface area contributed by atoms with Crippen molar-refractivity contribution < 1.29 is 52.0 Å². The number of hydrogen-bond donors (Lipinski definition) is 0. The van der Waals surface area contributed by atoms with Crippen LogP contribution >= 0.6 is 0 Å². The molecular formula is C40H44O12. The van der Waals surface area contributed by atoms with Crippen molar-refractivity contribution in [1.82, 2.24) is 0 Å². The normalized spacial score (nSPS) is 34.4. The van der Waals surface area contributed by atoms with E-state index in [1.165, 1.54) is 13.2 Å². The average Bonchev–Trinajstić information content (AvgIpc) is 3.53. The summed E-state index contributed by atoms with van der Waals surface area (Å²) in [5.74, 6) is -2.27. The summed E-state index contributed by atoms with van der Waals surface area (Å²) in [5.41, 5.74) is -7.63. The van der Waals surface area contributed by atoms with Crippen molar-refractivity contribution in [2.24, 2.45) is 21.7 Å². The minimum absolute atomic E-state index is 0.0162. The molecule has 0 radical (unpaired) electrons. The molecule has 3 aliphatic heterocycles. The van der Waals surface area contributed by atoms with Crippen LogP contribution in [0.3, 0.4) is 0 Å². The topological polar surface area (TPSA) is 154 Å². The molecule has 0 amide bonds. The molecule has 2 aromatic carbocycles. The second kappa shape index (κ2) is 10.1. The zero-order valence-electron chi connectivity index (χ0n) is 31.2. The van der Waals surface area contributed by atoms with E-state index >= 15 is 0 Å². The third-order valence-corrected chi connectivity index (χ3v) is 14.3. The van der Waals surface area contributed by atoms with Gasteiger partial charge in [-0.05, 0) is 71.9 Å². The van der Waals surface area contributed by atoms with Crippen LogP contribution in [0.5, 0.6) is 11.5 Å². The number of aryl methyl sites for hydroxylation is 1. The summed E-state index contributed by atoms with van der Waals surface area (Å²) in [5, 5.41) is 0.423. The monoisotopic (exact) mass is 716 g/mol. The molecule has 8 rings (SSSR count). The van der Waals surface area contributed by atoms with E-state index in [2.05, 4.69) is 0 Å². The molecule has 0 N–H and O–H groups in total. The zero-order chi connectivity index (χ0) is 37.8. The molecule has 3 aromatic rings. The Hall–Kier alpha value is -4.61. The van der Waals surface area contributed by atoms with Gasteiger partial charge in [0.15, 0.2) is 17.8 Å². The van der Waals surface area contributed by atoms with Gasteiger partial charge < -0.3 is 32.8 Å². The molecule has 4 heterocycles. The number of esters is 4. The van der Waals surface area contributed by atoms with Crippen LogP contribution in [0, 0.1) is 28.6 Å². The highest BCUT2D eigenvalue weighted by atomic mass is 16.7. The number of methoxy groups -OCH3 is 1. The van der Waals surface area contributed by atoms with Gasteiger partial charge in [0.25, 0.3) is 0 Å². The van der Waals surface area contributed by atoms with Gasteiger partial charge in [0.05, 0.1) is 28.9 Å². The first kappa shape index (κ1) is 34.5. The predicted molar refractivity (Wildman–Crippen MR) is 185 cm³/mol. The molecule has 6 atom stereocenters. The largest absolute Gasteiger partial charge is 0.496 e. The van der Waals surface area contributed by atoms with Crippen LogP contribution in [0.2, 0.25) is 0 Å². The number of carbonyl (C=O) groups is 4. The Morgan fingerprint density at radius 2 is 1.31 bits per heavy atom. The molecule has 12 heteroatoms. The molecule has 1 aromatic heterocycles. The van der Waals surface area contributed by atoms with Crippen molar-refractivity contribution in [2.45, 2.75) is 117 Å². The van der Waals surface area contributed by atoms with Crippen molar-refractivity contribution in [1.29, 1.82) is 0 Å². The lowest BCUT2D eigenvalue weighted by atomic mass is 9.66.